The molecule has 0 aliphatic heterocycles. The van der Waals surface area contributed by atoms with Gasteiger partial charge >= 0.3 is 0 Å². The van der Waals surface area contributed by atoms with Crippen molar-refractivity contribution in [1.29, 1.82) is 0 Å². The second kappa shape index (κ2) is 8.76. The van der Waals surface area contributed by atoms with E-state index in [4.69, 9.17) is 9.26 Å². The minimum absolute atomic E-state index is 0. The highest BCUT2D eigenvalue weighted by molar-refractivity contribution is 5.85. The van der Waals surface area contributed by atoms with Gasteiger partial charge in [0.2, 0.25) is 5.89 Å². The lowest BCUT2D eigenvalue weighted by Gasteiger charge is -2.08. The number of ether oxygens (including phenoxy) is 1. The van der Waals surface area contributed by atoms with Crippen LogP contribution in [0, 0.1) is 13.8 Å². The molecule has 122 valence electrons. The van der Waals surface area contributed by atoms with Gasteiger partial charge in [-0.05, 0) is 39.4 Å². The van der Waals surface area contributed by atoms with Gasteiger partial charge in [-0.25, -0.2) is 0 Å². The molecule has 0 saturated carbocycles. The third kappa shape index (κ3) is 5.31. The Bertz CT molecular complexity index is 587. The third-order valence-corrected chi connectivity index (χ3v) is 3.40. The number of hydrogen-bond donors (Lipinski definition) is 1. The SMILES string of the molecule is CNC(C)Cc1noc(CCOc2ccc(C)cc2C)n1.Cl. The van der Waals surface area contributed by atoms with Crippen LogP contribution in [0.5, 0.6) is 5.75 Å². The lowest BCUT2D eigenvalue weighted by molar-refractivity contribution is 0.290. The zero-order chi connectivity index (χ0) is 15.2. The van der Waals surface area contributed by atoms with Crippen molar-refractivity contribution >= 4 is 12.4 Å². The Morgan fingerprint density at radius 2 is 2.09 bits per heavy atom. The Morgan fingerprint density at radius 1 is 1.32 bits per heavy atom. The highest BCUT2D eigenvalue weighted by atomic mass is 35.5. The van der Waals surface area contributed by atoms with Crippen LogP contribution in [0.4, 0.5) is 0 Å². The summed E-state index contributed by atoms with van der Waals surface area (Å²) < 4.78 is 11.0. The van der Waals surface area contributed by atoms with Gasteiger partial charge < -0.3 is 14.6 Å². The van der Waals surface area contributed by atoms with Gasteiger partial charge in [-0.15, -0.1) is 12.4 Å². The van der Waals surface area contributed by atoms with Crippen molar-refractivity contribution in [2.75, 3.05) is 13.7 Å². The Hall–Kier alpha value is -1.59. The van der Waals surface area contributed by atoms with Gasteiger partial charge in [-0.3, -0.25) is 0 Å². The van der Waals surface area contributed by atoms with Gasteiger partial charge in [0.15, 0.2) is 5.82 Å². The highest BCUT2D eigenvalue weighted by Crippen LogP contribution is 2.18. The van der Waals surface area contributed by atoms with E-state index >= 15 is 0 Å². The van der Waals surface area contributed by atoms with Gasteiger partial charge in [0.25, 0.3) is 0 Å². The molecule has 2 rings (SSSR count). The molecule has 0 bridgehead atoms. The van der Waals surface area contributed by atoms with Crippen molar-refractivity contribution in [2.24, 2.45) is 0 Å². The molecule has 0 aliphatic carbocycles. The Balaban J connectivity index is 0.00000242. The minimum atomic E-state index is 0. The molecule has 0 radical (unpaired) electrons. The fourth-order valence-electron chi connectivity index (χ4n) is 2.06. The van der Waals surface area contributed by atoms with E-state index in [0.717, 1.165) is 23.6 Å². The van der Waals surface area contributed by atoms with E-state index in [1.165, 1.54) is 5.56 Å². The van der Waals surface area contributed by atoms with Gasteiger partial charge in [-0.2, -0.15) is 4.98 Å². The lowest BCUT2D eigenvalue weighted by atomic mass is 10.1. The van der Waals surface area contributed by atoms with Crippen LogP contribution in [0.1, 0.15) is 29.8 Å². The van der Waals surface area contributed by atoms with Crippen LogP contribution in [-0.4, -0.2) is 29.8 Å². The molecule has 1 aromatic heterocycles. The summed E-state index contributed by atoms with van der Waals surface area (Å²) in [4.78, 5) is 4.37. The van der Waals surface area contributed by atoms with Crippen LogP contribution < -0.4 is 10.1 Å². The van der Waals surface area contributed by atoms with Crippen LogP contribution in [-0.2, 0) is 12.8 Å². The molecule has 6 heteroatoms. The maximum atomic E-state index is 5.77. The largest absolute Gasteiger partial charge is 0.493 e. The Kier molecular flexibility index (Phi) is 7.35. The molecule has 2 aromatic rings. The van der Waals surface area contributed by atoms with Crippen LogP contribution >= 0.6 is 12.4 Å². The summed E-state index contributed by atoms with van der Waals surface area (Å²) in [5.74, 6) is 2.26. The summed E-state index contributed by atoms with van der Waals surface area (Å²) in [5.41, 5.74) is 2.38. The summed E-state index contributed by atoms with van der Waals surface area (Å²) in [6.07, 6.45) is 1.38. The molecule has 0 aliphatic rings. The van der Waals surface area contributed by atoms with Crippen molar-refractivity contribution in [3.8, 4) is 5.75 Å². The van der Waals surface area contributed by atoms with E-state index in [0.29, 0.717) is 25.0 Å². The molecule has 0 saturated heterocycles. The van der Waals surface area contributed by atoms with E-state index < -0.39 is 0 Å². The number of nitrogens with one attached hydrogen (secondary N) is 1. The average Bonchev–Trinajstić information content (AvgIpc) is 2.88. The monoisotopic (exact) mass is 325 g/mol. The van der Waals surface area contributed by atoms with E-state index in [-0.39, 0.29) is 12.4 Å². The molecule has 0 amide bonds. The van der Waals surface area contributed by atoms with Crippen molar-refractivity contribution in [1.82, 2.24) is 15.5 Å². The quantitative estimate of drug-likeness (QED) is 0.848. The molecule has 1 atom stereocenters. The number of rotatable bonds is 7. The molecule has 0 fully saturated rings. The fourth-order valence-corrected chi connectivity index (χ4v) is 2.06. The Morgan fingerprint density at radius 3 is 2.77 bits per heavy atom. The summed E-state index contributed by atoms with van der Waals surface area (Å²) in [6.45, 7) is 6.74. The first-order valence-corrected chi connectivity index (χ1v) is 7.27. The first kappa shape index (κ1) is 18.5. The second-order valence-corrected chi connectivity index (χ2v) is 5.37. The van der Waals surface area contributed by atoms with Gasteiger partial charge in [0.05, 0.1) is 13.0 Å². The van der Waals surface area contributed by atoms with Crippen LogP contribution in [0.2, 0.25) is 0 Å². The molecule has 1 aromatic carbocycles. The molecule has 5 nitrogen and oxygen atoms in total. The molecule has 1 unspecified atom stereocenters. The summed E-state index contributed by atoms with van der Waals surface area (Å²) in [5, 5.41) is 7.13. The first-order valence-electron chi connectivity index (χ1n) is 7.27. The second-order valence-electron chi connectivity index (χ2n) is 5.37. The third-order valence-electron chi connectivity index (χ3n) is 3.40. The maximum Gasteiger partial charge on any atom is 0.230 e. The van der Waals surface area contributed by atoms with Gasteiger partial charge in [-0.1, -0.05) is 22.9 Å². The average molecular weight is 326 g/mol. The van der Waals surface area contributed by atoms with E-state index in [1.807, 2.05) is 26.1 Å². The van der Waals surface area contributed by atoms with Crippen molar-refractivity contribution in [2.45, 2.75) is 39.7 Å². The number of nitrogens with zero attached hydrogens (tertiary/aromatic N) is 2. The maximum absolute atomic E-state index is 5.77. The number of aryl methyl sites for hydroxylation is 2. The Labute approximate surface area is 137 Å². The molecule has 0 spiro atoms. The van der Waals surface area contributed by atoms with E-state index in [9.17, 15) is 0 Å². The zero-order valence-electron chi connectivity index (χ0n) is 13.5. The van der Waals surface area contributed by atoms with Crippen LogP contribution in [0.15, 0.2) is 22.7 Å². The topological polar surface area (TPSA) is 60.2 Å². The van der Waals surface area contributed by atoms with E-state index in [1.54, 1.807) is 0 Å². The lowest BCUT2D eigenvalue weighted by Crippen LogP contribution is -2.24. The number of hydrogen-bond acceptors (Lipinski definition) is 5. The summed E-state index contributed by atoms with van der Waals surface area (Å²) in [7, 11) is 1.92. The fraction of sp³-hybridized carbons (Fsp3) is 0.500. The van der Waals surface area contributed by atoms with Crippen molar-refractivity contribution < 1.29 is 9.26 Å². The molecular formula is C16H24ClN3O2. The van der Waals surface area contributed by atoms with Gasteiger partial charge in [0, 0.05) is 12.5 Å². The molecule has 1 heterocycles. The van der Waals surface area contributed by atoms with E-state index in [2.05, 4.69) is 35.4 Å². The standard InChI is InChI=1S/C16H23N3O2.ClH/c1-11-5-6-14(12(2)9-11)20-8-7-16-18-15(19-21-16)10-13(3)17-4;/h5-6,9,13,17H,7-8,10H2,1-4H3;1H. The van der Waals surface area contributed by atoms with Gasteiger partial charge in [0.1, 0.15) is 5.75 Å². The zero-order valence-corrected chi connectivity index (χ0v) is 14.4. The molecule has 22 heavy (non-hydrogen) atoms. The van der Waals surface area contributed by atoms with Crippen LogP contribution in [0.25, 0.3) is 0 Å². The molecular weight excluding hydrogens is 302 g/mol. The first-order chi connectivity index (χ1) is 10.1. The summed E-state index contributed by atoms with van der Waals surface area (Å²) in [6, 6.07) is 6.49. The highest BCUT2D eigenvalue weighted by Gasteiger charge is 2.09. The number of likely N-dealkylation sites (N-methyl/N-ethyl adjacent to an activating group) is 1. The predicted molar refractivity (Wildman–Crippen MR) is 88.9 cm³/mol. The van der Waals surface area contributed by atoms with Crippen LogP contribution in [0.3, 0.4) is 0 Å². The predicted octanol–water partition coefficient (Wildman–Crippen LogP) is 2.88. The number of benzene rings is 1. The number of aromatic nitrogens is 2. The minimum Gasteiger partial charge on any atom is -0.493 e. The van der Waals surface area contributed by atoms with Crippen molar-refractivity contribution in [3.63, 3.8) is 0 Å². The summed E-state index contributed by atoms with van der Waals surface area (Å²) >= 11 is 0. The van der Waals surface area contributed by atoms with Crippen molar-refractivity contribution in [3.05, 3.63) is 41.0 Å². The number of halogens is 1. The normalized spacial score (nSPS) is 11.8. The smallest absolute Gasteiger partial charge is 0.230 e. The molecule has 1 N–H and O–H groups in total.